The van der Waals surface area contributed by atoms with Crippen molar-refractivity contribution in [1.29, 1.82) is 0 Å². The molecule has 0 bridgehead atoms. The third kappa shape index (κ3) is 2.13. The van der Waals surface area contributed by atoms with E-state index < -0.39 is 5.60 Å². The largest absolute Gasteiger partial charge is 0.377 e. The average molecular weight is 357 g/mol. The molecule has 26 heavy (non-hydrogen) atoms. The second-order valence-corrected chi connectivity index (χ2v) is 9.88. The van der Waals surface area contributed by atoms with Crippen molar-refractivity contribution < 1.29 is 14.6 Å². The molecule has 1 saturated heterocycles. The molecular weight excluding hydrogens is 324 g/mol. The summed E-state index contributed by atoms with van der Waals surface area (Å²) in [6.07, 6.45) is 14.2. The van der Waals surface area contributed by atoms with E-state index in [1.807, 2.05) is 0 Å². The number of hydrogen-bond acceptors (Lipinski definition) is 3. The van der Waals surface area contributed by atoms with Crippen LogP contribution < -0.4 is 0 Å². The zero-order valence-electron chi connectivity index (χ0n) is 16.2. The summed E-state index contributed by atoms with van der Waals surface area (Å²) >= 11 is 0. The first-order chi connectivity index (χ1) is 12.4. The van der Waals surface area contributed by atoms with Crippen LogP contribution >= 0.6 is 0 Å². The van der Waals surface area contributed by atoms with Crippen LogP contribution in [-0.4, -0.2) is 29.7 Å². The Morgan fingerprint density at radius 1 is 1.15 bits per heavy atom. The summed E-state index contributed by atoms with van der Waals surface area (Å²) in [6, 6.07) is 0. The maximum absolute atomic E-state index is 11.1. The summed E-state index contributed by atoms with van der Waals surface area (Å²) < 4.78 is 12.0. The Morgan fingerprint density at radius 3 is 2.65 bits per heavy atom. The van der Waals surface area contributed by atoms with Gasteiger partial charge in [-0.25, -0.2) is 0 Å². The Labute approximate surface area is 157 Å². The molecule has 0 aromatic heterocycles. The molecule has 1 aliphatic heterocycles. The topological polar surface area (TPSA) is 38.7 Å². The lowest BCUT2D eigenvalue weighted by molar-refractivity contribution is -0.167. The van der Waals surface area contributed by atoms with Crippen LogP contribution in [0, 0.1) is 41.4 Å². The minimum atomic E-state index is -0.904. The highest BCUT2D eigenvalue weighted by molar-refractivity contribution is 5.31. The van der Waals surface area contributed by atoms with E-state index in [0.29, 0.717) is 23.7 Å². The first kappa shape index (κ1) is 17.3. The van der Waals surface area contributed by atoms with Gasteiger partial charge in [0.05, 0.1) is 13.2 Å². The Balaban J connectivity index is 1.47. The Morgan fingerprint density at radius 2 is 1.92 bits per heavy atom. The highest BCUT2D eigenvalue weighted by Crippen LogP contribution is 2.65. The van der Waals surface area contributed by atoms with Gasteiger partial charge in [-0.05, 0) is 62.2 Å². The molecule has 3 nitrogen and oxygen atoms in total. The molecule has 4 aliphatic carbocycles. The monoisotopic (exact) mass is 356 g/mol. The fourth-order valence-corrected chi connectivity index (χ4v) is 7.60. The van der Waals surface area contributed by atoms with Gasteiger partial charge in [0.15, 0.2) is 5.79 Å². The highest BCUT2D eigenvalue weighted by atomic mass is 16.7. The Bertz CT molecular complexity index is 682. The molecule has 6 atom stereocenters. The minimum absolute atomic E-state index is 0.108. The van der Waals surface area contributed by atoms with E-state index in [4.69, 9.17) is 15.9 Å². The van der Waals surface area contributed by atoms with E-state index >= 15 is 0 Å². The third-order valence-electron chi connectivity index (χ3n) is 8.92. The number of hydrogen-bond donors (Lipinski definition) is 1. The van der Waals surface area contributed by atoms with Crippen molar-refractivity contribution >= 4 is 0 Å². The number of fused-ring (bicyclic) bond motifs is 4. The number of aliphatic hydroxyl groups is 1. The molecule has 3 fully saturated rings. The van der Waals surface area contributed by atoms with Crippen molar-refractivity contribution in [1.82, 2.24) is 0 Å². The van der Waals surface area contributed by atoms with Crippen molar-refractivity contribution in [3.63, 3.8) is 0 Å². The van der Waals surface area contributed by atoms with Crippen LogP contribution in [0.3, 0.4) is 0 Å². The van der Waals surface area contributed by atoms with Crippen LogP contribution in [0.2, 0.25) is 0 Å². The van der Waals surface area contributed by atoms with Crippen molar-refractivity contribution in [2.45, 2.75) is 76.6 Å². The lowest BCUT2D eigenvalue weighted by atomic mass is 9.50. The molecule has 0 radical (unpaired) electrons. The minimum Gasteiger partial charge on any atom is -0.377 e. The zero-order valence-corrected chi connectivity index (χ0v) is 16.2. The second-order valence-electron chi connectivity index (χ2n) is 9.88. The maximum Gasteiger partial charge on any atom is 0.172 e. The molecule has 6 unspecified atom stereocenters. The maximum atomic E-state index is 11.1. The van der Waals surface area contributed by atoms with Gasteiger partial charge in [0.2, 0.25) is 0 Å². The van der Waals surface area contributed by atoms with Gasteiger partial charge >= 0.3 is 0 Å². The zero-order chi connectivity index (χ0) is 18.2. The van der Waals surface area contributed by atoms with Crippen LogP contribution in [-0.2, 0) is 9.47 Å². The Hall–Kier alpha value is -0.820. The predicted octanol–water partition coefficient (Wildman–Crippen LogP) is 4.06. The van der Waals surface area contributed by atoms with Crippen LogP contribution in [0.25, 0.3) is 0 Å². The van der Waals surface area contributed by atoms with Gasteiger partial charge in [-0.15, -0.1) is 6.42 Å². The van der Waals surface area contributed by atoms with E-state index in [0.717, 1.165) is 51.7 Å². The first-order valence-corrected chi connectivity index (χ1v) is 10.6. The smallest absolute Gasteiger partial charge is 0.172 e. The lowest BCUT2D eigenvalue weighted by Crippen LogP contribution is -2.52. The summed E-state index contributed by atoms with van der Waals surface area (Å²) in [6.45, 7) is 6.19. The molecule has 2 saturated carbocycles. The summed E-state index contributed by atoms with van der Waals surface area (Å²) in [5.74, 6) is 5.05. The van der Waals surface area contributed by atoms with E-state index in [1.165, 1.54) is 12.8 Å². The van der Waals surface area contributed by atoms with Crippen LogP contribution in [0.5, 0.6) is 0 Å². The molecule has 142 valence electrons. The van der Waals surface area contributed by atoms with Gasteiger partial charge in [-0.2, -0.15) is 0 Å². The van der Waals surface area contributed by atoms with E-state index in [-0.39, 0.29) is 11.2 Å². The van der Waals surface area contributed by atoms with Gasteiger partial charge in [0.25, 0.3) is 0 Å². The van der Waals surface area contributed by atoms with E-state index in [2.05, 4.69) is 19.8 Å². The molecular formula is C23H32O3. The molecule has 1 heterocycles. The number of terminal acetylenes is 1. The van der Waals surface area contributed by atoms with Crippen LogP contribution in [0.15, 0.2) is 11.1 Å². The SMILES string of the molecule is C#CC1(O)CCC2C3C(C)CC4=C(CCC5(C4)OCCO5)C3CCC21C. The molecule has 3 heteroatoms. The van der Waals surface area contributed by atoms with Crippen molar-refractivity contribution in [3.8, 4) is 12.3 Å². The molecule has 1 spiro atoms. The van der Waals surface area contributed by atoms with Crippen LogP contribution in [0.1, 0.15) is 65.2 Å². The van der Waals surface area contributed by atoms with Crippen molar-refractivity contribution in [2.75, 3.05) is 13.2 Å². The highest BCUT2D eigenvalue weighted by Gasteiger charge is 2.62. The summed E-state index contributed by atoms with van der Waals surface area (Å²) in [7, 11) is 0. The second kappa shape index (κ2) is 5.60. The molecule has 1 N–H and O–H groups in total. The third-order valence-corrected chi connectivity index (χ3v) is 8.92. The number of ether oxygens (including phenoxy) is 2. The summed E-state index contributed by atoms with van der Waals surface area (Å²) in [5, 5.41) is 11.1. The van der Waals surface area contributed by atoms with Gasteiger partial charge in [-0.3, -0.25) is 0 Å². The van der Waals surface area contributed by atoms with E-state index in [1.54, 1.807) is 11.1 Å². The molecule has 5 rings (SSSR count). The quantitative estimate of drug-likeness (QED) is 0.525. The lowest BCUT2D eigenvalue weighted by Gasteiger charge is -2.55. The number of allylic oxidation sites excluding steroid dienone is 1. The van der Waals surface area contributed by atoms with Gasteiger partial charge < -0.3 is 14.6 Å². The van der Waals surface area contributed by atoms with Crippen molar-refractivity contribution in [3.05, 3.63) is 11.1 Å². The molecule has 0 amide bonds. The molecule has 0 aromatic carbocycles. The normalized spacial score (nSPS) is 49.5. The van der Waals surface area contributed by atoms with Gasteiger partial charge in [0.1, 0.15) is 5.60 Å². The van der Waals surface area contributed by atoms with Gasteiger partial charge in [0, 0.05) is 18.3 Å². The average Bonchev–Trinajstić information content (AvgIpc) is 3.18. The van der Waals surface area contributed by atoms with E-state index in [9.17, 15) is 5.11 Å². The van der Waals surface area contributed by atoms with Gasteiger partial charge in [-0.1, -0.05) is 30.9 Å². The van der Waals surface area contributed by atoms with Crippen molar-refractivity contribution in [2.24, 2.45) is 29.1 Å². The summed E-state index contributed by atoms with van der Waals surface area (Å²) in [4.78, 5) is 0. The molecule has 5 aliphatic rings. The number of rotatable bonds is 0. The van der Waals surface area contributed by atoms with Crippen LogP contribution in [0.4, 0.5) is 0 Å². The standard InChI is InChI=1S/C23H32O3/c1-4-22(24)9-7-19-20-15(2)13-16-14-23(25-11-12-26-23)10-6-17(16)18(20)5-8-21(19,22)3/h1,15,18-20,24H,5-14H2,2-3H3. The summed E-state index contributed by atoms with van der Waals surface area (Å²) in [5.41, 5.74) is 2.33. The Kier molecular flexibility index (Phi) is 3.72. The molecule has 0 aromatic rings. The fourth-order valence-electron chi connectivity index (χ4n) is 7.60. The fraction of sp³-hybridized carbons (Fsp3) is 0.826. The first-order valence-electron chi connectivity index (χ1n) is 10.6. The predicted molar refractivity (Wildman–Crippen MR) is 100 cm³/mol.